The Kier molecular flexibility index (Phi) is 9.53. The minimum absolute atomic E-state index is 0.128. The smallest absolute Gasteiger partial charge is 0.325 e. The van der Waals surface area contributed by atoms with Crippen molar-refractivity contribution in [3.63, 3.8) is 0 Å². The number of nitrogens with two attached hydrogens (primary N) is 1. The van der Waals surface area contributed by atoms with Gasteiger partial charge in [0.1, 0.15) is 18.1 Å². The molecule has 0 aromatic carbocycles. The molecule has 3 amide bonds. The minimum atomic E-state index is -1.53. The molecule has 0 aromatic rings. The van der Waals surface area contributed by atoms with Crippen LogP contribution in [0.3, 0.4) is 0 Å². The number of amides is 3. The number of carbonyl (C=O) groups is 5. The number of hydrogen-bond donors (Lipinski definition) is 7. The molecule has 0 rings (SSSR count). The maximum Gasteiger partial charge on any atom is 0.325 e. The fourth-order valence-corrected chi connectivity index (χ4v) is 1.79. The molecule has 0 aliphatic heterocycles. The number of nitrogens with one attached hydrogen (secondary N) is 3. The largest absolute Gasteiger partial charge is 0.481 e. The van der Waals surface area contributed by atoms with Crippen LogP contribution in [-0.2, 0) is 24.0 Å². The molecule has 0 aliphatic carbocycles. The maximum atomic E-state index is 12.1. The van der Waals surface area contributed by atoms with Gasteiger partial charge in [-0.2, -0.15) is 12.6 Å². The van der Waals surface area contributed by atoms with Crippen LogP contribution in [0.2, 0.25) is 0 Å². The Morgan fingerprint density at radius 1 is 0.920 bits per heavy atom. The van der Waals surface area contributed by atoms with E-state index in [2.05, 4.69) is 28.6 Å². The molecule has 0 aliphatic rings. The van der Waals surface area contributed by atoms with Crippen LogP contribution in [0.15, 0.2) is 0 Å². The van der Waals surface area contributed by atoms with Gasteiger partial charge in [-0.3, -0.25) is 24.0 Å². The number of rotatable bonds is 10. The molecule has 0 aromatic heterocycles. The average Bonchev–Trinajstić information content (AvgIpc) is 2.50. The zero-order valence-corrected chi connectivity index (χ0v) is 14.6. The highest BCUT2D eigenvalue weighted by Gasteiger charge is 2.29. The Labute approximate surface area is 149 Å². The second kappa shape index (κ2) is 10.5. The summed E-state index contributed by atoms with van der Waals surface area (Å²) in [5, 5.41) is 24.1. The number of hydrogen-bond acceptors (Lipinski definition) is 7. The first kappa shape index (κ1) is 22.7. The van der Waals surface area contributed by atoms with Crippen molar-refractivity contribution in [1.82, 2.24) is 16.0 Å². The SMILES string of the molecule is CC(N)C(=O)NC(CS)C(=O)NC(CC(=O)O)C(=O)NC(C)C(=O)O. The van der Waals surface area contributed by atoms with Gasteiger partial charge in [0.25, 0.3) is 0 Å². The zero-order valence-electron chi connectivity index (χ0n) is 13.7. The van der Waals surface area contributed by atoms with Crippen LogP contribution in [0.1, 0.15) is 20.3 Å². The summed E-state index contributed by atoms with van der Waals surface area (Å²) in [6.07, 6.45) is -0.773. The standard InChI is InChI=1S/C13H22N4O7S/c1-5(14)10(20)17-8(4-25)12(22)16-7(3-9(18)19)11(21)15-6(2)13(23)24/h5-8,25H,3-4,14H2,1-2H3,(H,15,21)(H,16,22)(H,17,20)(H,18,19)(H,23,24). The number of carboxylic acid groups (broad SMARTS) is 2. The molecule has 0 bridgehead atoms. The summed E-state index contributed by atoms with van der Waals surface area (Å²) in [6.45, 7) is 2.58. The minimum Gasteiger partial charge on any atom is -0.481 e. The van der Waals surface area contributed by atoms with Gasteiger partial charge in [-0.05, 0) is 13.8 Å². The van der Waals surface area contributed by atoms with E-state index in [1.807, 2.05) is 0 Å². The van der Waals surface area contributed by atoms with E-state index in [4.69, 9.17) is 15.9 Å². The number of aliphatic carboxylic acids is 2. The van der Waals surface area contributed by atoms with Crippen LogP contribution in [0.25, 0.3) is 0 Å². The second-order valence-corrected chi connectivity index (χ2v) is 5.63. The Morgan fingerprint density at radius 3 is 1.80 bits per heavy atom. The van der Waals surface area contributed by atoms with E-state index in [9.17, 15) is 24.0 Å². The predicted molar refractivity (Wildman–Crippen MR) is 88.9 cm³/mol. The van der Waals surface area contributed by atoms with Gasteiger partial charge in [0, 0.05) is 5.75 Å². The van der Waals surface area contributed by atoms with E-state index in [0.717, 1.165) is 0 Å². The van der Waals surface area contributed by atoms with Gasteiger partial charge in [-0.1, -0.05) is 0 Å². The second-order valence-electron chi connectivity index (χ2n) is 5.26. The van der Waals surface area contributed by atoms with Gasteiger partial charge in [0.2, 0.25) is 17.7 Å². The lowest BCUT2D eigenvalue weighted by atomic mass is 10.1. The maximum absolute atomic E-state index is 12.1. The molecule has 0 radical (unpaired) electrons. The van der Waals surface area contributed by atoms with Crippen LogP contribution < -0.4 is 21.7 Å². The zero-order chi connectivity index (χ0) is 19.7. The quantitative estimate of drug-likeness (QED) is 0.200. The van der Waals surface area contributed by atoms with Crippen molar-refractivity contribution < 1.29 is 34.2 Å². The average molecular weight is 378 g/mol. The first-order chi connectivity index (χ1) is 11.5. The van der Waals surface area contributed by atoms with Crippen LogP contribution in [-0.4, -0.2) is 69.8 Å². The normalized spacial score (nSPS) is 15.2. The molecule has 0 fully saturated rings. The summed E-state index contributed by atoms with van der Waals surface area (Å²) < 4.78 is 0. The summed E-state index contributed by atoms with van der Waals surface area (Å²) in [6, 6.07) is -4.84. The van der Waals surface area contributed by atoms with Crippen molar-refractivity contribution in [2.24, 2.45) is 5.73 Å². The molecule has 7 N–H and O–H groups in total. The first-order valence-corrected chi connectivity index (χ1v) is 7.85. The van der Waals surface area contributed by atoms with Gasteiger partial charge in [-0.25, -0.2) is 0 Å². The first-order valence-electron chi connectivity index (χ1n) is 7.21. The van der Waals surface area contributed by atoms with Gasteiger partial charge < -0.3 is 31.9 Å². The number of thiol groups is 1. The van der Waals surface area contributed by atoms with E-state index >= 15 is 0 Å². The molecule has 4 atom stereocenters. The van der Waals surface area contributed by atoms with Gasteiger partial charge in [-0.15, -0.1) is 0 Å². The van der Waals surface area contributed by atoms with Crippen molar-refractivity contribution in [3.05, 3.63) is 0 Å². The highest BCUT2D eigenvalue weighted by molar-refractivity contribution is 7.80. The van der Waals surface area contributed by atoms with Crippen LogP contribution in [0, 0.1) is 0 Å². The van der Waals surface area contributed by atoms with Gasteiger partial charge >= 0.3 is 11.9 Å². The third-order valence-corrected chi connectivity index (χ3v) is 3.34. The highest BCUT2D eigenvalue weighted by Crippen LogP contribution is 1.98. The Hall–Kier alpha value is -2.34. The highest BCUT2D eigenvalue weighted by atomic mass is 32.1. The molecular formula is C13H22N4O7S. The van der Waals surface area contributed by atoms with E-state index in [0.29, 0.717) is 0 Å². The van der Waals surface area contributed by atoms with Crippen LogP contribution >= 0.6 is 12.6 Å². The Morgan fingerprint density at radius 2 is 1.40 bits per heavy atom. The third-order valence-electron chi connectivity index (χ3n) is 2.97. The van der Waals surface area contributed by atoms with E-state index in [1.54, 1.807) is 0 Å². The summed E-state index contributed by atoms with van der Waals surface area (Å²) in [5.41, 5.74) is 5.37. The van der Waals surface area contributed by atoms with Crippen molar-refractivity contribution in [2.75, 3.05) is 5.75 Å². The van der Waals surface area contributed by atoms with E-state index in [-0.39, 0.29) is 5.75 Å². The van der Waals surface area contributed by atoms with Crippen molar-refractivity contribution >= 4 is 42.3 Å². The molecule has 0 heterocycles. The third kappa shape index (κ3) is 8.35. The lowest BCUT2D eigenvalue weighted by Crippen LogP contribution is -2.57. The van der Waals surface area contributed by atoms with Crippen molar-refractivity contribution in [1.29, 1.82) is 0 Å². The monoisotopic (exact) mass is 378 g/mol. The summed E-state index contributed by atoms with van der Waals surface area (Å²) in [7, 11) is 0. The fourth-order valence-electron chi connectivity index (χ4n) is 1.53. The topological polar surface area (TPSA) is 188 Å². The lowest BCUT2D eigenvalue weighted by Gasteiger charge is -2.22. The molecular weight excluding hydrogens is 356 g/mol. The molecule has 4 unspecified atom stereocenters. The lowest BCUT2D eigenvalue weighted by molar-refractivity contribution is -0.143. The van der Waals surface area contributed by atoms with Crippen molar-refractivity contribution in [2.45, 2.75) is 44.4 Å². The van der Waals surface area contributed by atoms with E-state index < -0.39 is 60.2 Å². The molecule has 0 saturated heterocycles. The van der Waals surface area contributed by atoms with Gasteiger partial charge in [0.15, 0.2) is 0 Å². The van der Waals surface area contributed by atoms with Crippen LogP contribution in [0.5, 0.6) is 0 Å². The molecule has 11 nitrogen and oxygen atoms in total. The molecule has 25 heavy (non-hydrogen) atoms. The number of carboxylic acids is 2. The molecule has 0 spiro atoms. The molecule has 0 saturated carbocycles. The molecule has 12 heteroatoms. The Bertz CT molecular complexity index is 540. The fraction of sp³-hybridized carbons (Fsp3) is 0.615. The summed E-state index contributed by atoms with van der Waals surface area (Å²) in [4.78, 5) is 57.3. The van der Waals surface area contributed by atoms with E-state index in [1.165, 1.54) is 13.8 Å². The Balaban J connectivity index is 5.07. The predicted octanol–water partition coefficient (Wildman–Crippen LogP) is -2.70. The van der Waals surface area contributed by atoms with Gasteiger partial charge in [0.05, 0.1) is 12.5 Å². The van der Waals surface area contributed by atoms with Crippen LogP contribution in [0.4, 0.5) is 0 Å². The summed E-state index contributed by atoms with van der Waals surface area (Å²) >= 11 is 3.91. The molecule has 142 valence electrons. The number of carbonyl (C=O) groups excluding carboxylic acids is 3. The summed E-state index contributed by atoms with van der Waals surface area (Å²) in [5.74, 6) is -5.31. The van der Waals surface area contributed by atoms with Crippen molar-refractivity contribution in [3.8, 4) is 0 Å².